The largest absolute Gasteiger partial charge is 0.465 e. The number of fused-ring (bicyclic) bond motifs is 3. The Morgan fingerprint density at radius 2 is 0.588 bits per heavy atom. The Bertz CT molecular complexity index is 3040. The van der Waals surface area contributed by atoms with Crippen LogP contribution >= 0.6 is 0 Å². The summed E-state index contributed by atoms with van der Waals surface area (Å²) in [5.74, 6) is -6.96. The molecule has 0 aromatic heterocycles. The van der Waals surface area contributed by atoms with E-state index in [2.05, 4.69) is 16.0 Å². The van der Waals surface area contributed by atoms with E-state index in [1.54, 1.807) is 48.7 Å². The minimum Gasteiger partial charge on any atom is -0.465 e. The van der Waals surface area contributed by atoms with Gasteiger partial charge in [-0.3, -0.25) is 33.6 Å². The summed E-state index contributed by atoms with van der Waals surface area (Å²) in [6.07, 6.45) is -2.16. The average Bonchev–Trinajstić information content (AvgIpc) is 1.62. The van der Waals surface area contributed by atoms with E-state index in [1.165, 1.54) is 0 Å². The number of ether oxygens (including phenoxy) is 27. The third-order valence-corrected chi connectivity index (χ3v) is 18.2. The van der Waals surface area contributed by atoms with Crippen molar-refractivity contribution in [2.75, 3.05) is 351 Å². The third kappa shape index (κ3) is 72.0. The number of rotatable bonds is 93. The number of esters is 3. The molecule has 1 aliphatic carbocycles. The summed E-state index contributed by atoms with van der Waals surface area (Å²) in [7, 11) is 2.64. The van der Waals surface area contributed by atoms with E-state index in [4.69, 9.17) is 133 Å². The van der Waals surface area contributed by atoms with Gasteiger partial charge < -0.3 is 154 Å². The van der Waals surface area contributed by atoms with Gasteiger partial charge in [-0.1, -0.05) is 48.5 Å². The van der Waals surface area contributed by atoms with Crippen LogP contribution in [-0.4, -0.2) is 420 Å². The molecule has 0 bridgehead atoms. The predicted octanol–water partition coefficient (Wildman–Crippen LogP) is 4.29. The molecule has 3 rings (SSSR count). The van der Waals surface area contributed by atoms with Gasteiger partial charge in [0, 0.05) is 70.7 Å². The topological polar surface area (TPSA) is 445 Å². The number of hydrogen-bond acceptors (Lipinski definition) is 36. The molecular formula is C92H159N3O36. The molecule has 0 radical (unpaired) electrons. The van der Waals surface area contributed by atoms with Crippen molar-refractivity contribution in [2.24, 2.45) is 11.8 Å². The van der Waals surface area contributed by atoms with Crippen molar-refractivity contribution in [1.82, 2.24) is 16.0 Å². The third-order valence-electron chi connectivity index (χ3n) is 18.2. The summed E-state index contributed by atoms with van der Waals surface area (Å²) in [5.41, 5.74) is 2.33. The molecule has 0 unspecified atom stereocenters. The Morgan fingerprint density at radius 1 is 0.321 bits per heavy atom. The Kier molecular flexibility index (Phi) is 79.0. The van der Waals surface area contributed by atoms with Crippen LogP contribution in [0, 0.1) is 11.8 Å². The lowest BCUT2D eigenvalue weighted by Gasteiger charge is -2.25. The first-order valence-corrected chi connectivity index (χ1v) is 45.8. The van der Waals surface area contributed by atoms with Crippen LogP contribution in [-0.2, 0) is 161 Å². The first kappa shape index (κ1) is 121. The molecule has 2 aromatic rings. The van der Waals surface area contributed by atoms with Crippen LogP contribution in [0.4, 0.5) is 0 Å². The van der Waals surface area contributed by atoms with Gasteiger partial charge in [-0.15, -0.1) is 0 Å². The highest BCUT2D eigenvalue weighted by atomic mass is 16.6. The standard InChI is InChI=1S/C91H155N3O35.CH4O/c1-90(2,3)128-85(98)20-17-76(73-87(100)127-74-81-79-14-10-8-12-77(79)78-13-9-11-15-80(78)81)89(102)94-82(18-21-86(99)129-91(4,5)6)83(96)72-75(16-19-84(97)92-22-24-95)88(101)93-23-25-104-28-29-106-32-33-108-36-37-110-40-41-112-44-45-114-48-49-116-52-53-118-56-57-120-60-61-122-64-65-124-68-69-126-71-70-125-67-66-123-63-62-121-59-58-119-55-54-117-51-50-115-47-46-113-43-42-111-39-38-109-35-34-107-31-30-105-27-26-103-7;1-2/h8-15,75-76,81-82,95H,16-74H2,1-7H3,(H,92,97)(H,93,101)(H,94,102);2H,1H3/t75-,76-,82+;/m1./s1. The van der Waals surface area contributed by atoms with Crippen molar-refractivity contribution in [3.05, 3.63) is 59.7 Å². The van der Waals surface area contributed by atoms with Gasteiger partial charge >= 0.3 is 17.9 Å². The maximum Gasteiger partial charge on any atom is 0.306 e. The van der Waals surface area contributed by atoms with Crippen molar-refractivity contribution >= 4 is 41.4 Å². The van der Waals surface area contributed by atoms with Crippen molar-refractivity contribution in [3.8, 4) is 11.1 Å². The number of aliphatic hydroxyl groups is 2. The summed E-state index contributed by atoms with van der Waals surface area (Å²) >= 11 is 0. The Labute approximate surface area is 775 Å². The lowest BCUT2D eigenvalue weighted by molar-refractivity contribution is -0.157. The maximum absolute atomic E-state index is 14.5. The highest BCUT2D eigenvalue weighted by Gasteiger charge is 2.35. The molecule has 0 aliphatic heterocycles. The number of nitrogens with one attached hydrogen (secondary N) is 3. The zero-order valence-electron chi connectivity index (χ0n) is 79.4. The molecule has 758 valence electrons. The highest BCUT2D eigenvalue weighted by molar-refractivity contribution is 5.94. The molecule has 3 amide bonds. The highest BCUT2D eigenvalue weighted by Crippen LogP contribution is 2.44. The molecule has 3 atom stereocenters. The smallest absolute Gasteiger partial charge is 0.306 e. The Morgan fingerprint density at radius 3 is 0.878 bits per heavy atom. The van der Waals surface area contributed by atoms with Crippen LogP contribution < -0.4 is 16.0 Å². The van der Waals surface area contributed by atoms with Crippen LogP contribution in [0.5, 0.6) is 0 Å². The van der Waals surface area contributed by atoms with E-state index in [1.807, 2.05) is 48.5 Å². The first-order valence-electron chi connectivity index (χ1n) is 45.8. The number of amides is 3. The van der Waals surface area contributed by atoms with E-state index in [0.717, 1.165) is 29.4 Å². The number of Topliss-reactive ketones (excluding diaryl/α,β-unsaturated/α-hetero) is 1. The molecule has 0 spiro atoms. The number of benzene rings is 2. The zero-order chi connectivity index (χ0) is 95.2. The van der Waals surface area contributed by atoms with Gasteiger partial charge in [0.2, 0.25) is 17.7 Å². The average molecular weight is 1880 g/mol. The fourth-order valence-electron chi connectivity index (χ4n) is 11.9. The number of methoxy groups -OCH3 is 1. The van der Waals surface area contributed by atoms with Crippen LogP contribution in [0.1, 0.15) is 110 Å². The molecule has 0 fully saturated rings. The van der Waals surface area contributed by atoms with Crippen molar-refractivity contribution < 1.29 is 172 Å². The Hall–Kier alpha value is -6.11. The van der Waals surface area contributed by atoms with Gasteiger partial charge in [0.15, 0.2) is 5.78 Å². The number of ketones is 1. The predicted molar refractivity (Wildman–Crippen MR) is 479 cm³/mol. The summed E-state index contributed by atoms with van der Waals surface area (Å²) in [5, 5.41) is 24.4. The van der Waals surface area contributed by atoms with Gasteiger partial charge in [0.1, 0.15) is 17.8 Å². The normalized spacial score (nSPS) is 12.7. The van der Waals surface area contributed by atoms with Crippen LogP contribution in [0.25, 0.3) is 11.1 Å². The zero-order valence-corrected chi connectivity index (χ0v) is 79.4. The Balaban J connectivity index is 0.0000288. The molecular weight excluding hydrogens is 1720 g/mol. The SMILES string of the molecule is CO.COCCOCCOCCOCCOCCOCCOCCOCCOCCOCCOCCOCCOCCOCCOCCOCCOCCOCCOCCOCCOCCOCCOCCOCCNC(=O)[C@H](CCC(=O)NCCO)CC(=O)[C@H](CCC(=O)OC(C)(C)C)NC(=O)[C@H](CCC(=O)OC(C)(C)C)CC(=O)OCC1c2ccccc2-c2ccccc21. The van der Waals surface area contributed by atoms with E-state index in [-0.39, 0.29) is 90.6 Å². The maximum atomic E-state index is 14.5. The fourth-order valence-corrected chi connectivity index (χ4v) is 11.9. The fraction of sp³-hybridized carbons (Fsp3) is 0.793. The molecule has 5 N–H and O–H groups in total. The van der Waals surface area contributed by atoms with Crippen molar-refractivity contribution in [3.63, 3.8) is 0 Å². The minimum atomic E-state index is -1.37. The molecule has 39 nitrogen and oxygen atoms in total. The number of carbonyl (C=O) groups is 7. The molecule has 2 aromatic carbocycles. The lowest BCUT2D eigenvalue weighted by atomic mass is 9.90. The van der Waals surface area contributed by atoms with E-state index >= 15 is 0 Å². The van der Waals surface area contributed by atoms with Crippen molar-refractivity contribution in [2.45, 2.75) is 116 Å². The van der Waals surface area contributed by atoms with E-state index in [0.29, 0.717) is 291 Å². The summed E-state index contributed by atoms with van der Waals surface area (Å²) < 4.78 is 149. The first-order chi connectivity index (χ1) is 63.8. The summed E-state index contributed by atoms with van der Waals surface area (Å²) in [4.78, 5) is 95.5. The molecule has 0 saturated heterocycles. The van der Waals surface area contributed by atoms with E-state index in [9.17, 15) is 38.7 Å². The van der Waals surface area contributed by atoms with Crippen LogP contribution in [0.3, 0.4) is 0 Å². The van der Waals surface area contributed by atoms with E-state index < -0.39 is 83.3 Å². The number of carbonyl (C=O) groups excluding carboxylic acids is 7. The van der Waals surface area contributed by atoms with Gasteiger partial charge in [-0.05, 0) is 83.1 Å². The van der Waals surface area contributed by atoms with Crippen LogP contribution in [0.2, 0.25) is 0 Å². The second kappa shape index (κ2) is 85.5. The minimum absolute atomic E-state index is 0.0186. The molecule has 1 aliphatic rings. The molecule has 131 heavy (non-hydrogen) atoms. The van der Waals surface area contributed by atoms with Gasteiger partial charge in [-0.25, -0.2) is 0 Å². The van der Waals surface area contributed by atoms with Crippen molar-refractivity contribution in [1.29, 1.82) is 0 Å². The van der Waals surface area contributed by atoms with Gasteiger partial charge in [0.25, 0.3) is 0 Å². The number of aliphatic hydroxyl groups excluding tert-OH is 2. The molecule has 0 heterocycles. The second-order valence-electron chi connectivity index (χ2n) is 31.0. The summed E-state index contributed by atoms with van der Waals surface area (Å²) in [6.45, 7) is 30.5. The van der Waals surface area contributed by atoms with Crippen LogP contribution in [0.15, 0.2) is 48.5 Å². The monoisotopic (exact) mass is 1880 g/mol. The second-order valence-corrected chi connectivity index (χ2v) is 31.0. The molecule has 0 saturated carbocycles. The van der Waals surface area contributed by atoms with Gasteiger partial charge in [-0.2, -0.15) is 0 Å². The number of hydrogen-bond donors (Lipinski definition) is 5. The molecule has 39 heteroatoms. The quantitative estimate of drug-likeness (QED) is 0.0350. The summed E-state index contributed by atoms with van der Waals surface area (Å²) in [6, 6.07) is 14.3. The lowest BCUT2D eigenvalue weighted by Crippen LogP contribution is -2.46. The van der Waals surface area contributed by atoms with Gasteiger partial charge in [0.05, 0.1) is 330 Å².